The fraction of sp³-hybridized carbons (Fsp3) is 0.261. The van der Waals surface area contributed by atoms with Crippen molar-refractivity contribution in [2.75, 3.05) is 11.1 Å². The summed E-state index contributed by atoms with van der Waals surface area (Å²) in [5.74, 6) is 1.43. The van der Waals surface area contributed by atoms with Crippen LogP contribution >= 0.6 is 15.9 Å². The third-order valence-corrected chi connectivity index (χ3v) is 5.27. The number of nitrogens with zero attached hydrogens (tertiary/aromatic N) is 3. The number of nitriles is 1. The van der Waals surface area contributed by atoms with E-state index in [0.29, 0.717) is 27.7 Å². The maximum atomic E-state index is 8.67. The molecule has 1 aromatic heterocycles. The Balaban J connectivity index is 0.000000221. The van der Waals surface area contributed by atoms with Crippen LogP contribution < -0.4 is 11.1 Å². The molecule has 0 radical (unpaired) electrons. The number of hydrogen-bond donors (Lipinski definition) is 2. The van der Waals surface area contributed by atoms with Crippen LogP contribution in [-0.4, -0.2) is 9.97 Å². The number of benzene rings is 2. The number of aromatic nitrogens is 2. The monoisotopic (exact) mass is 451 g/mol. The topological polar surface area (TPSA) is 87.6 Å². The van der Waals surface area contributed by atoms with Gasteiger partial charge >= 0.3 is 0 Å². The van der Waals surface area contributed by atoms with Gasteiger partial charge in [-0.05, 0) is 89.1 Å². The van der Waals surface area contributed by atoms with Crippen LogP contribution in [0.1, 0.15) is 47.6 Å². The molecule has 0 saturated heterocycles. The molecular formula is C23H26BrN5. The quantitative estimate of drug-likeness (QED) is 0.496. The van der Waals surface area contributed by atoms with Gasteiger partial charge in [-0.15, -0.1) is 0 Å². The minimum absolute atomic E-state index is 0.371. The lowest BCUT2D eigenvalue weighted by atomic mass is 9.95. The summed E-state index contributed by atoms with van der Waals surface area (Å²) in [6.07, 6.45) is 1.58. The Morgan fingerprint density at radius 3 is 2.14 bits per heavy atom. The van der Waals surface area contributed by atoms with Crippen LogP contribution in [0.3, 0.4) is 0 Å². The van der Waals surface area contributed by atoms with Crippen molar-refractivity contribution >= 4 is 33.4 Å². The van der Waals surface area contributed by atoms with E-state index in [9.17, 15) is 0 Å². The van der Waals surface area contributed by atoms with Gasteiger partial charge in [-0.1, -0.05) is 26.0 Å². The number of aryl methyl sites for hydroxylation is 2. The Bertz CT molecular complexity index is 997. The third kappa shape index (κ3) is 6.30. The SMILES string of the molecule is Cc1cc(C(C)C)cc(C)c1C.N#Cc1ccc(Nc2ncc(Br)c(N)n2)cc1. The summed E-state index contributed by atoms with van der Waals surface area (Å²) < 4.78 is 0.655. The zero-order valence-corrected chi connectivity index (χ0v) is 19.0. The first-order chi connectivity index (χ1) is 13.7. The zero-order chi connectivity index (χ0) is 21.6. The Labute approximate surface area is 181 Å². The maximum Gasteiger partial charge on any atom is 0.229 e. The molecule has 0 spiro atoms. The van der Waals surface area contributed by atoms with E-state index < -0.39 is 0 Å². The van der Waals surface area contributed by atoms with Crippen LogP contribution in [0.2, 0.25) is 0 Å². The van der Waals surface area contributed by atoms with E-state index in [1.54, 1.807) is 30.5 Å². The molecule has 0 aliphatic heterocycles. The van der Waals surface area contributed by atoms with Gasteiger partial charge in [-0.25, -0.2) is 4.98 Å². The maximum absolute atomic E-state index is 8.67. The van der Waals surface area contributed by atoms with Gasteiger partial charge in [0.2, 0.25) is 5.95 Å². The second-order valence-corrected chi connectivity index (χ2v) is 8.03. The summed E-state index contributed by atoms with van der Waals surface area (Å²) >= 11 is 3.22. The first-order valence-corrected chi connectivity index (χ1v) is 10.1. The molecule has 29 heavy (non-hydrogen) atoms. The van der Waals surface area contributed by atoms with Crippen molar-refractivity contribution in [2.24, 2.45) is 0 Å². The van der Waals surface area contributed by atoms with Crippen LogP contribution in [-0.2, 0) is 0 Å². The van der Waals surface area contributed by atoms with Crippen LogP contribution in [0, 0.1) is 32.1 Å². The molecule has 0 fully saturated rings. The standard InChI is InChI=1S/C12H18.C11H8BrN5/c1-8(2)12-6-9(3)11(5)10(4)7-12;12-9-6-15-11(17-10(9)14)16-8-3-1-7(5-13)2-4-8/h6-8H,1-5H3;1-4,6H,(H3,14,15,16,17). The van der Waals surface area contributed by atoms with E-state index in [-0.39, 0.29) is 0 Å². The lowest BCUT2D eigenvalue weighted by molar-refractivity contribution is 0.861. The summed E-state index contributed by atoms with van der Waals surface area (Å²) in [4.78, 5) is 8.12. The van der Waals surface area contributed by atoms with Crippen molar-refractivity contribution in [1.82, 2.24) is 9.97 Å². The highest BCUT2D eigenvalue weighted by molar-refractivity contribution is 9.10. The highest BCUT2D eigenvalue weighted by Gasteiger charge is 2.03. The number of nitrogens with two attached hydrogens (primary N) is 1. The molecule has 0 unspecified atom stereocenters. The van der Waals surface area contributed by atoms with Gasteiger partial charge in [0.25, 0.3) is 0 Å². The normalized spacial score (nSPS) is 10.1. The molecule has 5 nitrogen and oxygen atoms in total. The number of nitrogens with one attached hydrogen (secondary N) is 1. The van der Waals surface area contributed by atoms with Gasteiger partial charge in [0.1, 0.15) is 5.82 Å². The summed E-state index contributed by atoms with van der Waals surface area (Å²) in [7, 11) is 0. The predicted molar refractivity (Wildman–Crippen MR) is 123 cm³/mol. The van der Waals surface area contributed by atoms with E-state index in [4.69, 9.17) is 11.0 Å². The van der Waals surface area contributed by atoms with Crippen molar-refractivity contribution in [3.05, 3.63) is 74.9 Å². The summed E-state index contributed by atoms with van der Waals surface area (Å²) in [5.41, 5.74) is 12.8. The lowest BCUT2D eigenvalue weighted by Gasteiger charge is -2.11. The van der Waals surface area contributed by atoms with Gasteiger partial charge in [0.15, 0.2) is 0 Å². The summed E-state index contributed by atoms with van der Waals surface area (Å²) in [6.45, 7) is 11.0. The van der Waals surface area contributed by atoms with Crippen LogP contribution in [0.15, 0.2) is 47.1 Å². The van der Waals surface area contributed by atoms with E-state index in [0.717, 1.165) is 5.69 Å². The minimum Gasteiger partial charge on any atom is -0.383 e. The minimum atomic E-state index is 0.371. The van der Waals surface area contributed by atoms with Gasteiger partial charge in [0, 0.05) is 11.9 Å². The average molecular weight is 452 g/mol. The lowest BCUT2D eigenvalue weighted by Crippen LogP contribution is -2.00. The number of nitrogen functional groups attached to an aromatic ring is 1. The van der Waals surface area contributed by atoms with Gasteiger partial charge in [-0.3, -0.25) is 0 Å². The largest absolute Gasteiger partial charge is 0.383 e. The van der Waals surface area contributed by atoms with Gasteiger partial charge in [0.05, 0.1) is 16.1 Å². The number of hydrogen-bond acceptors (Lipinski definition) is 5. The molecule has 0 aliphatic rings. The van der Waals surface area contributed by atoms with E-state index in [1.165, 1.54) is 22.3 Å². The number of rotatable bonds is 3. The van der Waals surface area contributed by atoms with Gasteiger partial charge < -0.3 is 11.1 Å². The van der Waals surface area contributed by atoms with E-state index in [2.05, 4.69) is 78.0 Å². The summed E-state index contributed by atoms with van der Waals surface area (Å²) in [5, 5.41) is 11.7. The average Bonchev–Trinajstić information content (AvgIpc) is 2.69. The van der Waals surface area contributed by atoms with Crippen molar-refractivity contribution in [3.8, 4) is 6.07 Å². The van der Waals surface area contributed by atoms with Crippen molar-refractivity contribution < 1.29 is 0 Å². The first-order valence-electron chi connectivity index (χ1n) is 9.34. The first kappa shape index (κ1) is 22.4. The fourth-order valence-electron chi connectivity index (χ4n) is 2.60. The second kappa shape index (κ2) is 10.0. The molecule has 0 bridgehead atoms. The Hall–Kier alpha value is -2.91. The number of halogens is 1. The molecule has 6 heteroatoms. The number of anilines is 3. The van der Waals surface area contributed by atoms with E-state index >= 15 is 0 Å². The van der Waals surface area contributed by atoms with Crippen LogP contribution in [0.25, 0.3) is 0 Å². The third-order valence-electron chi connectivity index (χ3n) is 4.66. The zero-order valence-electron chi connectivity index (χ0n) is 17.4. The van der Waals surface area contributed by atoms with Crippen molar-refractivity contribution in [3.63, 3.8) is 0 Å². The smallest absolute Gasteiger partial charge is 0.229 e. The molecule has 3 rings (SSSR count). The molecule has 0 aliphatic carbocycles. The molecule has 3 N–H and O–H groups in total. The van der Waals surface area contributed by atoms with Crippen LogP contribution in [0.5, 0.6) is 0 Å². The van der Waals surface area contributed by atoms with Crippen molar-refractivity contribution in [1.29, 1.82) is 5.26 Å². The van der Waals surface area contributed by atoms with Crippen LogP contribution in [0.4, 0.5) is 17.5 Å². The molecule has 0 amide bonds. The fourth-order valence-corrected chi connectivity index (χ4v) is 2.79. The van der Waals surface area contributed by atoms with Crippen molar-refractivity contribution in [2.45, 2.75) is 40.5 Å². The second-order valence-electron chi connectivity index (χ2n) is 7.18. The Kier molecular flexibility index (Phi) is 7.74. The highest BCUT2D eigenvalue weighted by Crippen LogP contribution is 2.21. The molecule has 150 valence electrons. The highest BCUT2D eigenvalue weighted by atomic mass is 79.9. The molecule has 2 aromatic carbocycles. The molecule has 0 atom stereocenters. The Morgan fingerprint density at radius 1 is 1.07 bits per heavy atom. The molecule has 0 saturated carbocycles. The van der Waals surface area contributed by atoms with E-state index in [1.807, 2.05) is 6.07 Å². The summed E-state index contributed by atoms with van der Waals surface area (Å²) in [6, 6.07) is 13.6. The molecule has 1 heterocycles. The van der Waals surface area contributed by atoms with Gasteiger partial charge in [-0.2, -0.15) is 10.2 Å². The predicted octanol–water partition coefficient (Wildman–Crippen LogP) is 6.17. The Morgan fingerprint density at radius 2 is 1.66 bits per heavy atom. The molecular weight excluding hydrogens is 426 g/mol. The molecule has 3 aromatic rings.